The molecule has 3 nitrogen and oxygen atoms in total. The Bertz CT molecular complexity index is 7110. The fourth-order valence-corrected chi connectivity index (χ4v) is 22.2. The largest absolute Gasteiger partial charge is 0.310 e. The smallest absolute Gasteiger partial charge is 0.0726 e. The van der Waals surface area contributed by atoms with Crippen LogP contribution in [0.1, 0.15) is 68.1 Å². The molecule has 5 aliphatic carbocycles. The Morgan fingerprint density at radius 1 is 0.261 bits per heavy atom. The Hall–Kier alpha value is -13.6. The first kappa shape index (κ1) is 62.4. The lowest BCUT2D eigenvalue weighted by Crippen LogP contribution is -2.27. The van der Waals surface area contributed by atoms with Crippen molar-refractivity contribution in [2.75, 3.05) is 9.80 Å². The predicted molar refractivity (Wildman–Crippen MR) is 463 cm³/mol. The number of fused-ring (bicyclic) bond motifs is 29. The van der Waals surface area contributed by atoms with Crippen LogP contribution in [-0.4, -0.2) is 4.57 Å². The van der Waals surface area contributed by atoms with E-state index in [9.17, 15) is 0 Å². The summed E-state index contributed by atoms with van der Waals surface area (Å²) in [5.74, 6) is 0. The maximum atomic E-state index is 2.63. The Morgan fingerprint density at radius 3 is 1.42 bits per heavy atom. The average molecular weight is 1430 g/mol. The van der Waals surface area contributed by atoms with Crippen LogP contribution < -0.4 is 9.80 Å². The second-order valence-corrected chi connectivity index (χ2v) is 32.2. The standard InChI is InChI=1S/C107H69N3S/c1-105(89-37-16-8-29-76(89)81-57-52-75(65-97(81)105)108(73-55-60-103-88(64-73)84-35-15-23-46-102(84)111-103)72-53-58-95-86(62-72)80-33-12-20-41-93(80)106(95)90-38-17-9-30-77(90)78-31-10-18-39-91(78)106)66-67-47-56-82-79-32-11-19-40-92(79)107(98(82)61-67)94-42-21-13-36-85(94)104-96(107)43-24-45-101(104)109(71-50-48-69(49-51-71)68-25-4-2-5-26-68)74-54-59-100-87(63-74)83-34-14-22-44-99(83)110(100)70-27-6-3-7-28-70/h2-65H,66H2,1H3. The molecule has 19 aromatic rings. The van der Waals surface area contributed by atoms with Crippen LogP contribution in [0, 0.1) is 0 Å². The molecule has 17 aromatic carbocycles. The zero-order valence-corrected chi connectivity index (χ0v) is 61.7. The summed E-state index contributed by atoms with van der Waals surface area (Å²) in [6, 6.07) is 148. The number of aromatic nitrogens is 1. The zero-order valence-electron chi connectivity index (χ0n) is 60.9. The van der Waals surface area contributed by atoms with E-state index in [1.54, 1.807) is 0 Å². The fourth-order valence-electron chi connectivity index (χ4n) is 21.2. The van der Waals surface area contributed by atoms with E-state index in [0.29, 0.717) is 0 Å². The SMILES string of the molecule is CC1(Cc2ccc3c(c2)C2(c4ccccc4-3)c3ccccc3-c3c(N(c4ccc(-c5ccccc5)cc4)c4ccc5c(c4)c4ccccc4n5-c4ccccc4)cccc32)c2ccccc2-c2ccc(N(c3ccc4c(c3)-c3ccccc3C43c4ccccc4-c4ccccc43)c3ccc4sc5ccccc5c4c3)cc21. The van der Waals surface area contributed by atoms with Crippen molar-refractivity contribution < 1.29 is 0 Å². The summed E-state index contributed by atoms with van der Waals surface area (Å²) in [4.78, 5) is 5.10. The molecule has 0 aliphatic heterocycles. The number of anilines is 6. The molecule has 2 aromatic heterocycles. The van der Waals surface area contributed by atoms with E-state index in [2.05, 4.69) is 410 Å². The molecular weight excluding hydrogens is 1360 g/mol. The number of para-hydroxylation sites is 2. The summed E-state index contributed by atoms with van der Waals surface area (Å²) < 4.78 is 5.00. The van der Waals surface area contributed by atoms with Gasteiger partial charge < -0.3 is 14.4 Å². The third-order valence-corrected chi connectivity index (χ3v) is 26.8. The number of rotatable bonds is 10. The maximum Gasteiger partial charge on any atom is 0.0726 e. The van der Waals surface area contributed by atoms with E-state index < -0.39 is 16.2 Å². The highest BCUT2D eigenvalue weighted by Crippen LogP contribution is 2.67. The molecule has 0 fully saturated rings. The van der Waals surface area contributed by atoms with Gasteiger partial charge >= 0.3 is 0 Å². The lowest BCUT2D eigenvalue weighted by Gasteiger charge is -2.33. The second kappa shape index (κ2) is 23.4. The molecule has 0 amide bonds. The predicted octanol–water partition coefficient (Wildman–Crippen LogP) is 28.0. The van der Waals surface area contributed by atoms with E-state index >= 15 is 0 Å². The molecule has 2 atom stereocenters. The minimum atomic E-state index is -0.644. The quantitative estimate of drug-likeness (QED) is 0.135. The molecule has 4 heteroatoms. The van der Waals surface area contributed by atoms with Gasteiger partial charge in [0.2, 0.25) is 0 Å². The van der Waals surface area contributed by atoms with E-state index in [4.69, 9.17) is 0 Å². The van der Waals surface area contributed by atoms with Crippen molar-refractivity contribution in [3.8, 4) is 72.4 Å². The molecule has 111 heavy (non-hydrogen) atoms. The summed E-state index contributed by atoms with van der Waals surface area (Å²) in [5.41, 5.74) is 38.4. The number of nitrogens with zero attached hydrogens (tertiary/aromatic N) is 3. The maximum absolute atomic E-state index is 2.63. The summed E-state index contributed by atoms with van der Waals surface area (Å²) >= 11 is 1.87. The zero-order chi connectivity index (χ0) is 72.8. The van der Waals surface area contributed by atoms with Gasteiger partial charge in [0.1, 0.15) is 0 Å². The van der Waals surface area contributed by atoms with Crippen molar-refractivity contribution in [3.63, 3.8) is 0 Å². The van der Waals surface area contributed by atoms with Gasteiger partial charge in [-0.05, 0) is 232 Å². The molecule has 2 unspecified atom stereocenters. The first-order chi connectivity index (χ1) is 54.9. The molecule has 0 N–H and O–H groups in total. The van der Waals surface area contributed by atoms with Crippen molar-refractivity contribution in [1.29, 1.82) is 0 Å². The van der Waals surface area contributed by atoms with Crippen molar-refractivity contribution in [2.45, 2.75) is 29.6 Å². The van der Waals surface area contributed by atoms with Gasteiger partial charge in [-0.3, -0.25) is 0 Å². The van der Waals surface area contributed by atoms with Gasteiger partial charge in [-0.2, -0.15) is 0 Å². The summed E-state index contributed by atoms with van der Waals surface area (Å²) in [5, 5.41) is 4.98. The lowest BCUT2D eigenvalue weighted by molar-refractivity contribution is 0.582. The monoisotopic (exact) mass is 1430 g/mol. The molecule has 5 aliphatic rings. The van der Waals surface area contributed by atoms with Gasteiger partial charge in [0.25, 0.3) is 0 Å². The normalized spacial score (nSPS) is 15.8. The molecule has 0 saturated heterocycles. The number of hydrogen-bond donors (Lipinski definition) is 0. The minimum absolute atomic E-state index is 0.440. The topological polar surface area (TPSA) is 11.4 Å². The minimum Gasteiger partial charge on any atom is -0.310 e. The van der Waals surface area contributed by atoms with E-state index in [-0.39, 0.29) is 0 Å². The fraction of sp³-hybridized carbons (Fsp3) is 0.0467. The first-order valence-electron chi connectivity index (χ1n) is 38.8. The molecule has 0 bridgehead atoms. The number of benzene rings is 17. The first-order valence-corrected chi connectivity index (χ1v) is 39.6. The number of hydrogen-bond acceptors (Lipinski definition) is 3. The van der Waals surface area contributed by atoms with Gasteiger partial charge in [0.15, 0.2) is 0 Å². The highest BCUT2D eigenvalue weighted by molar-refractivity contribution is 7.25. The molecule has 2 spiro atoms. The van der Waals surface area contributed by atoms with Crippen molar-refractivity contribution >= 4 is 87.4 Å². The summed E-state index contributed by atoms with van der Waals surface area (Å²) in [6.07, 6.45) is 0.776. The van der Waals surface area contributed by atoms with Crippen LogP contribution in [0.3, 0.4) is 0 Å². The van der Waals surface area contributed by atoms with Crippen molar-refractivity contribution in [1.82, 2.24) is 4.57 Å². The molecule has 2 heterocycles. The number of thiophene rings is 1. The molecule has 0 saturated carbocycles. The third kappa shape index (κ3) is 8.57. The van der Waals surface area contributed by atoms with Gasteiger partial charge in [-0.1, -0.05) is 292 Å². The third-order valence-electron chi connectivity index (χ3n) is 25.6. The highest BCUT2D eigenvalue weighted by Gasteiger charge is 2.54. The van der Waals surface area contributed by atoms with Crippen LogP contribution in [0.2, 0.25) is 0 Å². The summed E-state index contributed by atoms with van der Waals surface area (Å²) in [7, 11) is 0. The van der Waals surface area contributed by atoms with Crippen LogP contribution in [-0.2, 0) is 22.7 Å². The molecule has 24 rings (SSSR count). The van der Waals surface area contributed by atoms with E-state index in [1.165, 1.54) is 170 Å². The van der Waals surface area contributed by atoms with Crippen LogP contribution in [0.4, 0.5) is 34.1 Å². The second-order valence-electron chi connectivity index (χ2n) is 31.1. The van der Waals surface area contributed by atoms with Crippen LogP contribution in [0.25, 0.3) is 114 Å². The van der Waals surface area contributed by atoms with Gasteiger partial charge in [0, 0.05) is 76.0 Å². The highest BCUT2D eigenvalue weighted by atomic mass is 32.1. The van der Waals surface area contributed by atoms with Crippen LogP contribution in [0.15, 0.2) is 388 Å². The van der Waals surface area contributed by atoms with E-state index in [0.717, 1.165) is 46.2 Å². The lowest BCUT2D eigenvalue weighted by atomic mass is 9.69. The van der Waals surface area contributed by atoms with Crippen LogP contribution >= 0.6 is 11.3 Å². The Morgan fingerprint density at radius 2 is 0.712 bits per heavy atom. The van der Waals surface area contributed by atoms with Gasteiger partial charge in [-0.25, -0.2) is 0 Å². The molecule has 518 valence electrons. The summed E-state index contributed by atoms with van der Waals surface area (Å²) in [6.45, 7) is 2.53. The van der Waals surface area contributed by atoms with Crippen molar-refractivity contribution in [2.24, 2.45) is 0 Å². The molecule has 0 radical (unpaired) electrons. The Labute approximate surface area is 648 Å². The Balaban J connectivity index is 0.674. The average Bonchev–Trinajstić information content (AvgIpc) is 1.52. The van der Waals surface area contributed by atoms with Crippen LogP contribution in [0.5, 0.6) is 0 Å². The molecular formula is C107H69N3S. The van der Waals surface area contributed by atoms with Gasteiger partial charge in [-0.15, -0.1) is 11.3 Å². The van der Waals surface area contributed by atoms with E-state index in [1.807, 2.05) is 11.3 Å². The Kier molecular flexibility index (Phi) is 13.2. The van der Waals surface area contributed by atoms with Crippen molar-refractivity contribution in [3.05, 3.63) is 449 Å². The van der Waals surface area contributed by atoms with Gasteiger partial charge in [0.05, 0.1) is 27.6 Å².